The summed E-state index contributed by atoms with van der Waals surface area (Å²) in [6.45, 7) is 21.4. The van der Waals surface area contributed by atoms with E-state index in [0.29, 0.717) is 18.4 Å². The van der Waals surface area contributed by atoms with E-state index in [0.717, 1.165) is 16.7 Å². The molecular weight excluding hydrogens is 973 g/mol. The summed E-state index contributed by atoms with van der Waals surface area (Å²) >= 11 is 18.4. The zero-order chi connectivity index (χ0) is 51.1. The lowest BCUT2D eigenvalue weighted by Crippen LogP contribution is -2.66. The first-order valence-corrected chi connectivity index (χ1v) is 26.4. The van der Waals surface area contributed by atoms with Gasteiger partial charge in [0, 0.05) is 17.8 Å². The van der Waals surface area contributed by atoms with Gasteiger partial charge in [-0.1, -0.05) is 174 Å². The van der Waals surface area contributed by atoms with Gasteiger partial charge in [0.2, 0.25) is 0 Å². The van der Waals surface area contributed by atoms with Crippen LogP contribution in [0.25, 0.3) is 0 Å². The number of carbonyl (C=O) groups is 2. The second-order valence-electron chi connectivity index (χ2n) is 20.4. The lowest BCUT2D eigenvalue weighted by molar-refractivity contribution is -0.369. The van der Waals surface area contributed by atoms with Crippen LogP contribution in [0.5, 0.6) is 0 Å². The van der Waals surface area contributed by atoms with Crippen molar-refractivity contribution in [1.82, 2.24) is 5.32 Å². The van der Waals surface area contributed by atoms with Crippen molar-refractivity contribution >= 4 is 46.7 Å². The van der Waals surface area contributed by atoms with Crippen molar-refractivity contribution in [2.45, 2.75) is 173 Å². The van der Waals surface area contributed by atoms with Gasteiger partial charge in [0.15, 0.2) is 25.0 Å². The lowest BCUT2D eigenvalue weighted by Gasteiger charge is -2.51. The van der Waals surface area contributed by atoms with E-state index < -0.39 is 95.1 Å². The van der Waals surface area contributed by atoms with Crippen LogP contribution in [0.15, 0.2) is 91.0 Å². The maximum Gasteiger partial charge on any atom is 0.338 e. The zero-order valence-electron chi connectivity index (χ0n) is 42.6. The van der Waals surface area contributed by atoms with Gasteiger partial charge in [-0.25, -0.2) is 4.79 Å². The topological polar surface area (TPSA) is 138 Å². The number of ether oxygens (including phenoxy) is 10. The highest BCUT2D eigenvalue weighted by molar-refractivity contribution is 6.76. The fourth-order valence-electron chi connectivity index (χ4n) is 10.2. The summed E-state index contributed by atoms with van der Waals surface area (Å²) in [5.74, 6) is -1.77. The Balaban J connectivity index is 1.24. The summed E-state index contributed by atoms with van der Waals surface area (Å²) in [5, 5.41) is 2.88. The van der Waals surface area contributed by atoms with Gasteiger partial charge < -0.3 is 52.7 Å². The molecule has 0 aliphatic carbocycles. The van der Waals surface area contributed by atoms with Crippen molar-refractivity contribution in [3.05, 3.63) is 108 Å². The third-order valence-corrected chi connectivity index (χ3v) is 16.2. The molecule has 4 aliphatic heterocycles. The van der Waals surface area contributed by atoms with E-state index in [2.05, 4.69) is 46.9 Å². The summed E-state index contributed by atoms with van der Waals surface area (Å²) in [5.41, 5.74) is 2.69. The lowest BCUT2D eigenvalue weighted by atomic mass is 9.79. The Kier molecular flexibility index (Phi) is 19.7. The minimum atomic E-state index is -2.29. The smallest absolute Gasteiger partial charge is 0.338 e. The van der Waals surface area contributed by atoms with Crippen LogP contribution in [-0.4, -0.2) is 102 Å². The fourth-order valence-corrected chi connectivity index (χ4v) is 10.4. The number of halogens is 3. The van der Waals surface area contributed by atoms with Crippen LogP contribution in [-0.2, 0) is 76.8 Å². The Morgan fingerprint density at radius 3 is 1.61 bits per heavy atom. The standard InChI is InChI=1S/C55H74Cl3NO12/c1-30-31(2)37(8)66-51(34(30)5)70-48-33(4)32(3)38(9)67-53(48)69-46-36(7)47(63-27-41-22-16-12-17-23-41)52(71-49(46)50(60)64-28-42-24-18-13-19-25-42)68-45-35(6)43(29-62-26-40-20-14-11-15-21-40)65-39(10)44(45)59-54(61)55(56,57)58/h11-25,30-39,43-49,51-53H,26-29H2,1-10H3,(H,59,61)/t30?,31-,32-,33?,34?,35+,36+,37+,38+,39+,43?,44?,45+,46-,47?,48?,49?,51+,52-,53+/m1/s1. The molecule has 20 atom stereocenters. The summed E-state index contributed by atoms with van der Waals surface area (Å²) in [6.07, 6.45) is -8.79. The summed E-state index contributed by atoms with van der Waals surface area (Å²) in [6, 6.07) is 28.1. The van der Waals surface area contributed by atoms with Crippen LogP contribution in [0.2, 0.25) is 0 Å². The number of carbonyl (C=O) groups excluding carboxylic acids is 2. The molecule has 4 fully saturated rings. The normalized spacial score (nSPS) is 37.8. The molecule has 4 heterocycles. The van der Waals surface area contributed by atoms with Crippen molar-refractivity contribution < 1.29 is 57.0 Å². The maximum atomic E-state index is 14.8. The van der Waals surface area contributed by atoms with Gasteiger partial charge in [-0.3, -0.25) is 4.79 Å². The molecule has 3 aromatic carbocycles. The molecule has 0 bridgehead atoms. The third-order valence-electron chi connectivity index (χ3n) is 15.7. The van der Waals surface area contributed by atoms with Crippen molar-refractivity contribution in [3.8, 4) is 0 Å². The number of alkyl halides is 3. The number of esters is 1. The summed E-state index contributed by atoms with van der Waals surface area (Å²) < 4.78 is 64.9. The Morgan fingerprint density at radius 1 is 0.507 bits per heavy atom. The molecule has 0 aromatic heterocycles. The summed E-state index contributed by atoms with van der Waals surface area (Å²) in [4.78, 5) is 28.2. The average Bonchev–Trinajstić information content (AvgIpc) is 3.35. The first-order chi connectivity index (χ1) is 33.8. The second-order valence-corrected chi connectivity index (χ2v) is 22.7. The van der Waals surface area contributed by atoms with Crippen molar-refractivity contribution in [2.75, 3.05) is 6.61 Å². The molecule has 0 spiro atoms. The molecule has 0 saturated carbocycles. The van der Waals surface area contributed by atoms with Gasteiger partial charge >= 0.3 is 5.97 Å². The molecule has 71 heavy (non-hydrogen) atoms. The van der Waals surface area contributed by atoms with E-state index in [-0.39, 0.29) is 49.8 Å². The predicted octanol–water partition coefficient (Wildman–Crippen LogP) is 10.00. The number of nitrogens with one attached hydrogen (secondary N) is 1. The van der Waals surface area contributed by atoms with Gasteiger partial charge in [0.1, 0.15) is 24.9 Å². The number of hydrogen-bond donors (Lipinski definition) is 1. The van der Waals surface area contributed by atoms with Crippen LogP contribution < -0.4 is 5.32 Å². The fraction of sp³-hybridized carbons (Fsp3) is 0.636. The van der Waals surface area contributed by atoms with Crippen LogP contribution in [0.1, 0.15) is 85.9 Å². The molecule has 16 heteroatoms. The number of hydrogen-bond acceptors (Lipinski definition) is 12. The Bertz CT molecular complexity index is 2120. The number of amides is 1. The third kappa shape index (κ3) is 13.9. The molecule has 8 unspecified atom stereocenters. The highest BCUT2D eigenvalue weighted by Crippen LogP contribution is 2.43. The molecular formula is C55H74Cl3NO12. The first-order valence-electron chi connectivity index (χ1n) is 25.3. The highest BCUT2D eigenvalue weighted by Gasteiger charge is 2.56. The van der Waals surface area contributed by atoms with Crippen molar-refractivity contribution in [2.24, 2.45) is 41.4 Å². The van der Waals surface area contributed by atoms with Crippen LogP contribution in [0, 0.1) is 41.4 Å². The SMILES string of the molecule is CC1C(C)[C@@H](C)[C@H](C)O[C@H]1OC1C(C)[C@@H](C)[C@H](C)O[C@H]1O[C@H]1C(C(=O)OCc2ccccc2)O[C@@H](O[C@@H]2C(NC(=O)C(Cl)(Cl)Cl)[C@H](C)OC(COCc3ccccc3)[C@@H]2C)C(OCc2ccccc2)[C@H]1C. The number of rotatable bonds is 17. The van der Waals surface area contributed by atoms with Crippen LogP contribution >= 0.6 is 34.8 Å². The van der Waals surface area contributed by atoms with E-state index in [1.807, 2.05) is 119 Å². The largest absolute Gasteiger partial charge is 0.459 e. The van der Waals surface area contributed by atoms with Gasteiger partial charge in [0.05, 0.1) is 56.4 Å². The zero-order valence-corrected chi connectivity index (χ0v) is 44.8. The van der Waals surface area contributed by atoms with Crippen molar-refractivity contribution in [3.63, 3.8) is 0 Å². The molecule has 1 N–H and O–H groups in total. The molecule has 1 amide bonds. The van der Waals surface area contributed by atoms with Gasteiger partial charge in [-0.2, -0.15) is 0 Å². The average molecular weight is 1050 g/mol. The molecule has 4 saturated heterocycles. The minimum Gasteiger partial charge on any atom is -0.459 e. The van der Waals surface area contributed by atoms with Crippen molar-refractivity contribution in [1.29, 1.82) is 0 Å². The Morgan fingerprint density at radius 2 is 1.01 bits per heavy atom. The second kappa shape index (κ2) is 25.1. The van der Waals surface area contributed by atoms with Crippen LogP contribution in [0.3, 0.4) is 0 Å². The van der Waals surface area contributed by atoms with Crippen LogP contribution in [0.4, 0.5) is 0 Å². The molecule has 4 aliphatic rings. The molecule has 7 rings (SSSR count). The van der Waals surface area contributed by atoms with E-state index in [9.17, 15) is 9.59 Å². The van der Waals surface area contributed by atoms with Gasteiger partial charge in [0.25, 0.3) is 9.70 Å². The van der Waals surface area contributed by atoms with E-state index in [4.69, 9.17) is 82.2 Å². The molecule has 392 valence electrons. The minimum absolute atomic E-state index is 0.0205. The quantitative estimate of drug-likeness (QED) is 0.102. The maximum absolute atomic E-state index is 14.8. The van der Waals surface area contributed by atoms with E-state index in [1.165, 1.54) is 0 Å². The van der Waals surface area contributed by atoms with Gasteiger partial charge in [-0.05, 0) is 61.1 Å². The first kappa shape index (κ1) is 55.9. The Labute approximate surface area is 435 Å². The van der Waals surface area contributed by atoms with E-state index >= 15 is 0 Å². The van der Waals surface area contributed by atoms with E-state index in [1.54, 1.807) is 0 Å². The molecule has 0 radical (unpaired) electrons. The Hall–Kier alpha value is -2.89. The van der Waals surface area contributed by atoms with Gasteiger partial charge in [-0.15, -0.1) is 0 Å². The highest BCUT2D eigenvalue weighted by atomic mass is 35.6. The number of benzene rings is 3. The predicted molar refractivity (Wildman–Crippen MR) is 270 cm³/mol. The molecule has 3 aromatic rings. The molecule has 13 nitrogen and oxygen atoms in total. The monoisotopic (exact) mass is 1050 g/mol. The summed E-state index contributed by atoms with van der Waals surface area (Å²) in [7, 11) is 0.